The van der Waals surface area contributed by atoms with Crippen LogP contribution in [0.5, 0.6) is 0 Å². The number of nitrogens with one attached hydrogen (secondary N) is 1. The van der Waals surface area contributed by atoms with Crippen molar-refractivity contribution in [1.29, 1.82) is 0 Å². The highest BCUT2D eigenvalue weighted by atomic mass is 16.1. The molecule has 0 fully saturated rings. The average molecular weight is 311 g/mol. The number of hydrogen-bond acceptors (Lipinski definition) is 2. The molecule has 0 spiro atoms. The van der Waals surface area contributed by atoms with Crippen LogP contribution in [-0.4, -0.2) is 11.7 Å². The Balaban J connectivity index is 2.05. The third-order valence-electron chi connectivity index (χ3n) is 3.97. The molecular formula is C20H25NO2. The molecule has 23 heavy (non-hydrogen) atoms. The van der Waals surface area contributed by atoms with Crippen LogP contribution in [0, 0.1) is 0 Å². The van der Waals surface area contributed by atoms with E-state index in [2.05, 4.69) is 11.4 Å². The molecule has 0 radical (unpaired) electrons. The van der Waals surface area contributed by atoms with Gasteiger partial charge in [-0.3, -0.25) is 9.59 Å². The molecule has 3 heteroatoms. The average Bonchev–Trinajstić information content (AvgIpc) is 2.55. The molecule has 0 heterocycles. The highest BCUT2D eigenvalue weighted by Gasteiger charge is 2.12. The Morgan fingerprint density at radius 1 is 1.17 bits per heavy atom. The van der Waals surface area contributed by atoms with E-state index < -0.39 is 0 Å². The Labute approximate surface area is 138 Å². The highest BCUT2D eigenvalue weighted by molar-refractivity contribution is 5.97. The first-order valence-corrected chi connectivity index (χ1v) is 8.45. The Kier molecular flexibility index (Phi) is 6.33. The van der Waals surface area contributed by atoms with E-state index in [0.29, 0.717) is 12.8 Å². The lowest BCUT2D eigenvalue weighted by Gasteiger charge is -2.11. The van der Waals surface area contributed by atoms with E-state index in [-0.39, 0.29) is 11.7 Å². The summed E-state index contributed by atoms with van der Waals surface area (Å²) in [5.41, 5.74) is 3.67. The van der Waals surface area contributed by atoms with Crippen LogP contribution in [0.1, 0.15) is 61.0 Å². The molecule has 0 atom stereocenters. The zero-order valence-electron chi connectivity index (χ0n) is 14.0. The first kappa shape index (κ1) is 17.2. The number of allylic oxidation sites excluding steroid dienone is 3. The maximum absolute atomic E-state index is 12.1. The molecule has 1 N–H and O–H groups in total. The summed E-state index contributed by atoms with van der Waals surface area (Å²) >= 11 is 0. The summed E-state index contributed by atoms with van der Waals surface area (Å²) in [6, 6.07) is 5.76. The smallest absolute Gasteiger partial charge is 0.228 e. The molecule has 0 aromatic heterocycles. The highest BCUT2D eigenvalue weighted by Crippen LogP contribution is 2.17. The lowest BCUT2D eigenvalue weighted by molar-refractivity contribution is -0.119. The van der Waals surface area contributed by atoms with Crippen LogP contribution in [0.3, 0.4) is 0 Å². The summed E-state index contributed by atoms with van der Waals surface area (Å²) in [7, 11) is 0. The summed E-state index contributed by atoms with van der Waals surface area (Å²) < 4.78 is 0. The van der Waals surface area contributed by atoms with E-state index in [4.69, 9.17) is 0 Å². The number of carbonyl (C=O) groups excluding carboxylic acids is 2. The molecule has 2 rings (SSSR count). The van der Waals surface area contributed by atoms with Gasteiger partial charge in [0.25, 0.3) is 0 Å². The fraction of sp³-hybridized carbons (Fsp3) is 0.400. The maximum atomic E-state index is 12.1. The zero-order chi connectivity index (χ0) is 16.7. The molecule has 1 aliphatic carbocycles. The van der Waals surface area contributed by atoms with Crippen LogP contribution in [0.15, 0.2) is 42.1 Å². The zero-order valence-corrected chi connectivity index (χ0v) is 14.0. The van der Waals surface area contributed by atoms with Gasteiger partial charge in [0.05, 0.1) is 6.42 Å². The van der Waals surface area contributed by atoms with Crippen LogP contribution in [0.25, 0.3) is 0 Å². The van der Waals surface area contributed by atoms with Crippen molar-refractivity contribution in [2.24, 2.45) is 0 Å². The molecule has 122 valence electrons. The van der Waals surface area contributed by atoms with Crippen LogP contribution >= 0.6 is 0 Å². The van der Waals surface area contributed by atoms with Crippen LogP contribution < -0.4 is 5.32 Å². The molecule has 0 unspecified atom stereocenters. The lowest BCUT2D eigenvalue weighted by Crippen LogP contribution is -2.24. The van der Waals surface area contributed by atoms with Gasteiger partial charge in [0.15, 0.2) is 5.78 Å². The van der Waals surface area contributed by atoms with Crippen molar-refractivity contribution < 1.29 is 9.59 Å². The fourth-order valence-electron chi connectivity index (χ4n) is 2.78. The SMILES string of the molecule is CCCC(=O)c1ccc(CC(=O)NC2=CCCC=C2)cc1CC. The molecule has 1 aromatic carbocycles. The number of ketones is 1. The van der Waals surface area contributed by atoms with Gasteiger partial charge >= 0.3 is 0 Å². The second-order valence-corrected chi connectivity index (χ2v) is 5.88. The van der Waals surface area contributed by atoms with E-state index >= 15 is 0 Å². The van der Waals surface area contributed by atoms with Gasteiger partial charge in [-0.05, 0) is 42.9 Å². The number of aryl methyl sites for hydroxylation is 1. The summed E-state index contributed by atoms with van der Waals surface area (Å²) in [4.78, 5) is 24.3. The predicted octanol–water partition coefficient (Wildman–Crippen LogP) is 4.12. The molecule has 1 aliphatic rings. The molecule has 0 aliphatic heterocycles. The van der Waals surface area contributed by atoms with Crippen LogP contribution in [-0.2, 0) is 17.6 Å². The predicted molar refractivity (Wildman–Crippen MR) is 93.4 cm³/mol. The van der Waals surface area contributed by atoms with Crippen molar-refractivity contribution in [3.63, 3.8) is 0 Å². The van der Waals surface area contributed by atoms with Gasteiger partial charge < -0.3 is 5.32 Å². The molecule has 1 amide bonds. The topological polar surface area (TPSA) is 46.2 Å². The molecule has 0 saturated carbocycles. The number of rotatable bonds is 7. The van der Waals surface area contributed by atoms with Gasteiger partial charge in [0.1, 0.15) is 0 Å². The Bertz CT molecular complexity index is 641. The minimum absolute atomic E-state index is 0.0162. The quantitative estimate of drug-likeness (QED) is 0.770. The first-order chi connectivity index (χ1) is 11.1. The van der Waals surface area contributed by atoms with Crippen molar-refractivity contribution in [2.45, 2.75) is 52.4 Å². The Hall–Kier alpha value is -2.16. The second-order valence-electron chi connectivity index (χ2n) is 5.88. The number of carbonyl (C=O) groups is 2. The normalized spacial score (nSPS) is 13.6. The second kappa shape index (κ2) is 8.47. The van der Waals surface area contributed by atoms with Crippen LogP contribution in [0.4, 0.5) is 0 Å². The summed E-state index contributed by atoms with van der Waals surface area (Å²) in [5.74, 6) is 0.176. The van der Waals surface area contributed by atoms with Gasteiger partial charge in [0.2, 0.25) is 5.91 Å². The third kappa shape index (κ3) is 4.92. The fourth-order valence-corrected chi connectivity index (χ4v) is 2.78. The largest absolute Gasteiger partial charge is 0.326 e. The van der Waals surface area contributed by atoms with Gasteiger partial charge in [-0.2, -0.15) is 0 Å². The molecule has 3 nitrogen and oxygen atoms in total. The van der Waals surface area contributed by atoms with Gasteiger partial charge in [-0.1, -0.05) is 44.2 Å². The van der Waals surface area contributed by atoms with Crippen molar-refractivity contribution in [3.8, 4) is 0 Å². The monoisotopic (exact) mass is 311 g/mol. The number of hydrogen-bond donors (Lipinski definition) is 1. The molecule has 1 aromatic rings. The van der Waals surface area contributed by atoms with Crippen molar-refractivity contribution in [2.75, 3.05) is 0 Å². The van der Waals surface area contributed by atoms with Gasteiger partial charge in [-0.15, -0.1) is 0 Å². The standard InChI is InChI=1S/C20H25NO2/c1-3-8-19(22)18-12-11-15(13-16(18)4-2)14-20(23)21-17-9-6-5-7-10-17/h6,9-13H,3-5,7-8,14H2,1-2H3,(H,21,23). The van der Waals surface area contributed by atoms with E-state index in [1.807, 2.05) is 44.2 Å². The summed E-state index contributed by atoms with van der Waals surface area (Å²) in [5, 5.41) is 2.93. The molecule has 0 saturated heterocycles. The maximum Gasteiger partial charge on any atom is 0.228 e. The van der Waals surface area contributed by atoms with E-state index in [9.17, 15) is 9.59 Å². The molecule has 0 bridgehead atoms. The Morgan fingerprint density at radius 3 is 2.65 bits per heavy atom. The summed E-state index contributed by atoms with van der Waals surface area (Å²) in [6.07, 6.45) is 10.6. The van der Waals surface area contributed by atoms with Gasteiger partial charge in [0, 0.05) is 17.7 Å². The van der Waals surface area contributed by atoms with Gasteiger partial charge in [-0.25, -0.2) is 0 Å². The van der Waals surface area contributed by atoms with Crippen molar-refractivity contribution in [3.05, 3.63) is 58.8 Å². The summed E-state index contributed by atoms with van der Waals surface area (Å²) in [6.45, 7) is 4.05. The third-order valence-corrected chi connectivity index (χ3v) is 3.97. The first-order valence-electron chi connectivity index (χ1n) is 8.45. The lowest BCUT2D eigenvalue weighted by atomic mass is 9.96. The van der Waals surface area contributed by atoms with Crippen molar-refractivity contribution in [1.82, 2.24) is 5.32 Å². The molecular weight excluding hydrogens is 286 g/mol. The number of Topliss-reactive ketones (excluding diaryl/α,β-unsaturated/α-hetero) is 1. The minimum Gasteiger partial charge on any atom is -0.326 e. The Morgan fingerprint density at radius 2 is 2.00 bits per heavy atom. The minimum atomic E-state index is -0.0162. The van der Waals surface area contributed by atoms with Crippen molar-refractivity contribution >= 4 is 11.7 Å². The number of benzene rings is 1. The van der Waals surface area contributed by atoms with Crippen LogP contribution in [0.2, 0.25) is 0 Å². The number of amides is 1. The van der Waals surface area contributed by atoms with E-state index in [1.165, 1.54) is 0 Å². The van der Waals surface area contributed by atoms with E-state index in [0.717, 1.165) is 48.1 Å². The van der Waals surface area contributed by atoms with E-state index in [1.54, 1.807) is 0 Å².